The zero-order valence-electron chi connectivity index (χ0n) is 12.6. The Labute approximate surface area is 125 Å². The van der Waals surface area contributed by atoms with E-state index >= 15 is 0 Å². The van der Waals surface area contributed by atoms with Gasteiger partial charge in [0.2, 0.25) is 5.91 Å². The Kier molecular flexibility index (Phi) is 3.97. The number of rotatable bonds is 2. The second-order valence-electron chi connectivity index (χ2n) is 6.01. The van der Waals surface area contributed by atoms with Crippen LogP contribution < -0.4 is 10.1 Å². The number of carbonyl (C=O) groups is 1. The number of hydrogen-bond donors (Lipinski definition) is 1. The van der Waals surface area contributed by atoms with Crippen LogP contribution in [0.4, 0.5) is 0 Å². The average Bonchev–Trinajstić information content (AvgIpc) is 2.91. The van der Waals surface area contributed by atoms with Gasteiger partial charge in [0.15, 0.2) is 0 Å². The molecule has 0 spiro atoms. The smallest absolute Gasteiger partial charge is 0.246 e. The number of benzene rings is 1. The number of fused-ring (bicyclic) bond motifs is 1. The minimum absolute atomic E-state index is 0.0898. The van der Waals surface area contributed by atoms with Crippen molar-refractivity contribution >= 4 is 12.0 Å². The highest BCUT2D eigenvalue weighted by Crippen LogP contribution is 2.26. The Morgan fingerprint density at radius 1 is 1.33 bits per heavy atom. The van der Waals surface area contributed by atoms with Gasteiger partial charge in [-0.25, -0.2) is 0 Å². The lowest BCUT2D eigenvalue weighted by Gasteiger charge is -2.35. The quantitative estimate of drug-likeness (QED) is 0.844. The molecule has 0 aliphatic carbocycles. The summed E-state index contributed by atoms with van der Waals surface area (Å²) in [6, 6.07) is 6.79. The fraction of sp³-hybridized carbons (Fsp3) is 0.471. The van der Waals surface area contributed by atoms with E-state index in [9.17, 15) is 4.79 Å². The molecule has 2 unspecified atom stereocenters. The Morgan fingerprint density at radius 3 is 2.86 bits per heavy atom. The molecule has 4 nitrogen and oxygen atoms in total. The van der Waals surface area contributed by atoms with Crippen LogP contribution >= 0.6 is 0 Å². The van der Waals surface area contributed by atoms with Crippen molar-refractivity contribution in [3.63, 3.8) is 0 Å². The molecule has 1 saturated heterocycles. The van der Waals surface area contributed by atoms with E-state index in [2.05, 4.69) is 25.2 Å². The van der Waals surface area contributed by atoms with Crippen molar-refractivity contribution < 1.29 is 9.53 Å². The minimum Gasteiger partial charge on any atom is -0.493 e. The number of hydrogen-bond acceptors (Lipinski definition) is 3. The molecule has 2 aliphatic heterocycles. The summed E-state index contributed by atoms with van der Waals surface area (Å²) in [6.07, 6.45) is 4.54. The number of carbonyl (C=O) groups excluding carboxylic acids is 1. The molecule has 1 N–H and O–H groups in total. The van der Waals surface area contributed by atoms with Crippen molar-refractivity contribution in [2.75, 3.05) is 19.7 Å². The second kappa shape index (κ2) is 5.90. The summed E-state index contributed by atoms with van der Waals surface area (Å²) in [6.45, 7) is 6.52. The first-order chi connectivity index (χ1) is 10.1. The molecule has 2 atom stereocenters. The first-order valence-corrected chi connectivity index (χ1v) is 7.60. The third-order valence-electron chi connectivity index (χ3n) is 4.00. The molecule has 21 heavy (non-hydrogen) atoms. The molecule has 3 rings (SSSR count). The monoisotopic (exact) mass is 286 g/mol. The average molecular weight is 286 g/mol. The third-order valence-corrected chi connectivity index (χ3v) is 4.00. The van der Waals surface area contributed by atoms with Crippen LogP contribution in [0.1, 0.15) is 25.0 Å². The highest BCUT2D eigenvalue weighted by Gasteiger charge is 2.23. The van der Waals surface area contributed by atoms with Gasteiger partial charge in [-0.05, 0) is 43.2 Å². The number of amides is 1. The molecule has 112 valence electrons. The van der Waals surface area contributed by atoms with Crippen molar-refractivity contribution in [1.29, 1.82) is 0 Å². The van der Waals surface area contributed by atoms with Crippen LogP contribution in [0.15, 0.2) is 24.3 Å². The summed E-state index contributed by atoms with van der Waals surface area (Å²) >= 11 is 0. The van der Waals surface area contributed by atoms with E-state index < -0.39 is 0 Å². The zero-order chi connectivity index (χ0) is 14.8. The molecule has 1 aromatic rings. The second-order valence-corrected chi connectivity index (χ2v) is 6.01. The van der Waals surface area contributed by atoms with Gasteiger partial charge in [0.05, 0.1) is 6.61 Å². The van der Waals surface area contributed by atoms with Crippen LogP contribution in [-0.4, -0.2) is 42.6 Å². The standard InChI is InChI=1S/C17H22N2O2/c1-12-10-19(11-13(2)18-12)17(20)6-4-14-3-5-16-15(9-14)7-8-21-16/h3-6,9,12-13,18H,7-8,10-11H2,1-2H3/b6-4+. The van der Waals surface area contributed by atoms with Crippen molar-refractivity contribution in [2.45, 2.75) is 32.4 Å². The van der Waals surface area contributed by atoms with Crippen LogP contribution in [0.2, 0.25) is 0 Å². The molecular weight excluding hydrogens is 264 g/mol. The predicted molar refractivity (Wildman–Crippen MR) is 83.3 cm³/mol. The highest BCUT2D eigenvalue weighted by molar-refractivity contribution is 5.92. The van der Waals surface area contributed by atoms with Crippen molar-refractivity contribution in [3.05, 3.63) is 35.4 Å². The summed E-state index contributed by atoms with van der Waals surface area (Å²) in [5.41, 5.74) is 2.29. The van der Waals surface area contributed by atoms with E-state index in [4.69, 9.17) is 4.74 Å². The van der Waals surface area contributed by atoms with Crippen molar-refractivity contribution in [2.24, 2.45) is 0 Å². The number of nitrogens with zero attached hydrogens (tertiary/aromatic N) is 1. The minimum atomic E-state index is 0.0898. The largest absolute Gasteiger partial charge is 0.493 e. The van der Waals surface area contributed by atoms with E-state index in [-0.39, 0.29) is 5.91 Å². The Bertz CT molecular complexity index is 558. The summed E-state index contributed by atoms with van der Waals surface area (Å²) in [4.78, 5) is 14.2. The van der Waals surface area contributed by atoms with E-state index in [1.807, 2.05) is 23.1 Å². The van der Waals surface area contributed by atoms with Crippen molar-refractivity contribution in [1.82, 2.24) is 10.2 Å². The lowest BCUT2D eigenvalue weighted by Crippen LogP contribution is -2.55. The van der Waals surface area contributed by atoms with Crippen molar-refractivity contribution in [3.8, 4) is 5.75 Å². The molecule has 1 fully saturated rings. The molecule has 0 aromatic heterocycles. The van der Waals surface area contributed by atoms with Gasteiger partial charge in [-0.2, -0.15) is 0 Å². The number of nitrogens with one attached hydrogen (secondary N) is 1. The van der Waals surface area contributed by atoms with Crippen LogP contribution in [0.25, 0.3) is 6.08 Å². The molecule has 0 radical (unpaired) electrons. The van der Waals surface area contributed by atoms with Crippen LogP contribution in [-0.2, 0) is 11.2 Å². The Morgan fingerprint density at radius 2 is 2.10 bits per heavy atom. The van der Waals surface area contributed by atoms with Gasteiger partial charge >= 0.3 is 0 Å². The fourth-order valence-corrected chi connectivity index (χ4v) is 3.09. The summed E-state index contributed by atoms with van der Waals surface area (Å²) in [7, 11) is 0. The molecule has 4 heteroatoms. The molecule has 0 bridgehead atoms. The van der Waals surface area contributed by atoms with E-state index in [0.29, 0.717) is 12.1 Å². The summed E-state index contributed by atoms with van der Waals surface area (Å²) < 4.78 is 5.49. The van der Waals surface area contributed by atoms with Crippen LogP contribution in [0.5, 0.6) is 5.75 Å². The molecule has 1 aromatic carbocycles. The predicted octanol–water partition coefficient (Wildman–Crippen LogP) is 1.84. The van der Waals surface area contributed by atoms with Gasteiger partial charge < -0.3 is 15.0 Å². The maximum absolute atomic E-state index is 12.3. The topological polar surface area (TPSA) is 41.6 Å². The SMILES string of the molecule is CC1CN(C(=O)/C=C/c2ccc3c(c2)CCO3)CC(C)N1. The summed E-state index contributed by atoms with van der Waals surface area (Å²) in [5.74, 6) is 1.06. The van der Waals surface area contributed by atoms with Gasteiger partial charge in [0.1, 0.15) is 5.75 Å². The molecule has 1 amide bonds. The van der Waals surface area contributed by atoms with Crippen LogP contribution in [0.3, 0.4) is 0 Å². The molecule has 2 aliphatic rings. The van der Waals surface area contributed by atoms with Gasteiger partial charge in [0.25, 0.3) is 0 Å². The third kappa shape index (κ3) is 3.27. The van der Waals surface area contributed by atoms with E-state index in [0.717, 1.165) is 37.4 Å². The van der Waals surface area contributed by atoms with Gasteiger partial charge in [-0.15, -0.1) is 0 Å². The lowest BCUT2D eigenvalue weighted by molar-refractivity contribution is -0.127. The summed E-state index contributed by atoms with van der Waals surface area (Å²) in [5, 5.41) is 3.43. The first-order valence-electron chi connectivity index (χ1n) is 7.60. The van der Waals surface area contributed by atoms with Gasteiger partial charge in [-0.3, -0.25) is 4.79 Å². The Hall–Kier alpha value is -1.81. The van der Waals surface area contributed by atoms with E-state index in [1.165, 1.54) is 5.56 Å². The highest BCUT2D eigenvalue weighted by atomic mass is 16.5. The lowest BCUT2D eigenvalue weighted by atomic mass is 10.1. The van der Waals surface area contributed by atoms with Gasteiger partial charge in [-0.1, -0.05) is 6.07 Å². The molecule has 2 heterocycles. The molecular formula is C17H22N2O2. The first kappa shape index (κ1) is 14.1. The maximum atomic E-state index is 12.3. The fourth-order valence-electron chi connectivity index (χ4n) is 3.09. The zero-order valence-corrected chi connectivity index (χ0v) is 12.6. The van der Waals surface area contributed by atoms with E-state index in [1.54, 1.807) is 6.08 Å². The molecule has 0 saturated carbocycles. The normalized spacial score (nSPS) is 25.0. The van der Waals surface area contributed by atoms with Crippen LogP contribution in [0, 0.1) is 0 Å². The van der Waals surface area contributed by atoms with Gasteiger partial charge in [0, 0.05) is 37.7 Å². The number of ether oxygens (including phenoxy) is 1. The number of piperazine rings is 1. The Balaban J connectivity index is 1.66. The maximum Gasteiger partial charge on any atom is 0.246 e.